The molecule has 8 aromatic carbocycles. The van der Waals surface area contributed by atoms with E-state index in [9.17, 15) is 0 Å². The SMILES string of the molecule is C=C(/C=C\c1ccc(C2(c3cccc4c3oc3ccccc34)c3ccccc3-c3ccccc32)cc1)c1ccccc1C(C)(C)Nc1ccc(-c2ccccc2)cc1. The van der Waals surface area contributed by atoms with Crippen molar-refractivity contribution < 1.29 is 4.42 Å². The monoisotopic (exact) mass is 745 g/mol. The van der Waals surface area contributed by atoms with Crippen molar-refractivity contribution in [1.29, 1.82) is 0 Å². The fraction of sp³-hybridized carbons (Fsp3) is 0.0714. The highest BCUT2D eigenvalue weighted by Crippen LogP contribution is 2.57. The molecule has 9 aromatic rings. The van der Waals surface area contributed by atoms with E-state index in [0.717, 1.165) is 49.9 Å². The van der Waals surface area contributed by atoms with Gasteiger partial charge in [-0.3, -0.25) is 0 Å². The molecule has 1 heterocycles. The van der Waals surface area contributed by atoms with Gasteiger partial charge in [0.1, 0.15) is 11.2 Å². The van der Waals surface area contributed by atoms with E-state index < -0.39 is 5.41 Å². The van der Waals surface area contributed by atoms with E-state index in [1.54, 1.807) is 0 Å². The summed E-state index contributed by atoms with van der Waals surface area (Å²) in [6, 6.07) is 69.5. The molecule has 0 saturated carbocycles. The molecule has 0 unspecified atom stereocenters. The third kappa shape index (κ3) is 5.80. The minimum absolute atomic E-state index is 0.353. The molecule has 0 radical (unpaired) electrons. The number of nitrogens with one attached hydrogen (secondary N) is 1. The molecular weight excluding hydrogens is 703 g/mol. The van der Waals surface area contributed by atoms with Crippen LogP contribution in [0.2, 0.25) is 0 Å². The van der Waals surface area contributed by atoms with Crippen LogP contribution in [-0.2, 0) is 11.0 Å². The standard InChI is InChI=1S/C56H43NO/c1-38(44-18-7-11-23-49(44)55(2,3)57-43-36-32-41(33-37-43)40-16-5-4-6-17-40)28-29-39-30-34-42(35-31-39)56(50-24-12-8-19-45(50)46-20-9-13-25-51(46)56)52-26-15-22-48-47-21-10-14-27-53(47)58-54(48)52/h4-37,57H,1H2,2-3H3/b29-28-. The molecule has 0 bridgehead atoms. The summed E-state index contributed by atoms with van der Waals surface area (Å²) in [7, 11) is 0. The van der Waals surface area contributed by atoms with Crippen LogP contribution in [0.1, 0.15) is 52.8 Å². The molecule has 1 aromatic heterocycles. The second kappa shape index (κ2) is 14.1. The number of anilines is 1. The quantitative estimate of drug-likeness (QED) is 0.149. The van der Waals surface area contributed by atoms with Gasteiger partial charge < -0.3 is 9.73 Å². The zero-order chi connectivity index (χ0) is 39.3. The first-order valence-electron chi connectivity index (χ1n) is 20.0. The van der Waals surface area contributed by atoms with Gasteiger partial charge >= 0.3 is 0 Å². The fourth-order valence-electron chi connectivity index (χ4n) is 9.28. The van der Waals surface area contributed by atoms with Gasteiger partial charge in [-0.05, 0) is 93.3 Å². The number of benzene rings is 8. The van der Waals surface area contributed by atoms with Gasteiger partial charge in [-0.1, -0.05) is 195 Å². The van der Waals surface area contributed by atoms with E-state index in [2.05, 4.69) is 226 Å². The first kappa shape index (κ1) is 35.3. The van der Waals surface area contributed by atoms with Crippen LogP contribution in [0.5, 0.6) is 0 Å². The number of allylic oxidation sites excluding steroid dienone is 2. The minimum atomic E-state index is -0.578. The minimum Gasteiger partial charge on any atom is -0.456 e. The molecule has 2 nitrogen and oxygen atoms in total. The van der Waals surface area contributed by atoms with Crippen LogP contribution < -0.4 is 5.32 Å². The molecule has 0 fully saturated rings. The van der Waals surface area contributed by atoms with Crippen molar-refractivity contribution in [2.75, 3.05) is 5.32 Å². The molecule has 278 valence electrons. The van der Waals surface area contributed by atoms with Crippen molar-refractivity contribution in [2.24, 2.45) is 0 Å². The predicted molar refractivity (Wildman–Crippen MR) is 244 cm³/mol. The Hall–Kier alpha value is -7.16. The molecule has 0 aliphatic heterocycles. The summed E-state index contributed by atoms with van der Waals surface area (Å²) >= 11 is 0. The maximum atomic E-state index is 6.77. The van der Waals surface area contributed by atoms with Gasteiger partial charge in [0.25, 0.3) is 0 Å². The third-order valence-electron chi connectivity index (χ3n) is 12.0. The Morgan fingerprint density at radius 2 is 1.14 bits per heavy atom. The van der Waals surface area contributed by atoms with Crippen molar-refractivity contribution in [1.82, 2.24) is 0 Å². The van der Waals surface area contributed by atoms with Crippen LogP contribution in [0.15, 0.2) is 211 Å². The highest BCUT2D eigenvalue weighted by atomic mass is 16.3. The van der Waals surface area contributed by atoms with Crippen molar-refractivity contribution in [3.05, 3.63) is 246 Å². The largest absolute Gasteiger partial charge is 0.456 e. The number of fused-ring (bicyclic) bond motifs is 6. The zero-order valence-corrected chi connectivity index (χ0v) is 32.7. The lowest BCUT2D eigenvalue weighted by Crippen LogP contribution is -2.29. The van der Waals surface area contributed by atoms with Gasteiger partial charge in [0.2, 0.25) is 0 Å². The Balaban J connectivity index is 0.990. The van der Waals surface area contributed by atoms with E-state index >= 15 is 0 Å². The Morgan fingerprint density at radius 1 is 0.552 bits per heavy atom. The molecule has 10 rings (SSSR count). The van der Waals surface area contributed by atoms with Crippen molar-refractivity contribution >= 4 is 39.3 Å². The Labute approximate surface area is 340 Å². The van der Waals surface area contributed by atoms with Crippen molar-refractivity contribution in [2.45, 2.75) is 24.8 Å². The van der Waals surface area contributed by atoms with Crippen molar-refractivity contribution in [3.8, 4) is 22.3 Å². The van der Waals surface area contributed by atoms with Crippen LogP contribution in [-0.4, -0.2) is 0 Å². The molecule has 0 spiro atoms. The maximum Gasteiger partial charge on any atom is 0.140 e. The predicted octanol–water partition coefficient (Wildman–Crippen LogP) is 14.7. The molecular formula is C56H43NO. The summed E-state index contributed by atoms with van der Waals surface area (Å²) in [5.41, 5.74) is 16.1. The fourth-order valence-corrected chi connectivity index (χ4v) is 9.28. The Kier molecular flexibility index (Phi) is 8.57. The summed E-state index contributed by atoms with van der Waals surface area (Å²) in [6.07, 6.45) is 4.32. The second-order valence-electron chi connectivity index (χ2n) is 15.8. The van der Waals surface area contributed by atoms with Gasteiger partial charge in [0.15, 0.2) is 0 Å². The van der Waals surface area contributed by atoms with E-state index in [-0.39, 0.29) is 5.54 Å². The first-order valence-corrected chi connectivity index (χ1v) is 20.0. The number of para-hydroxylation sites is 2. The van der Waals surface area contributed by atoms with Gasteiger partial charge in [0.05, 0.1) is 11.0 Å². The normalized spacial score (nSPS) is 13.1. The van der Waals surface area contributed by atoms with Crippen LogP contribution in [0.25, 0.3) is 55.8 Å². The van der Waals surface area contributed by atoms with Gasteiger partial charge in [-0.25, -0.2) is 0 Å². The summed E-state index contributed by atoms with van der Waals surface area (Å²) in [5.74, 6) is 0. The summed E-state index contributed by atoms with van der Waals surface area (Å²) < 4.78 is 6.77. The number of rotatable bonds is 9. The van der Waals surface area contributed by atoms with E-state index in [0.29, 0.717) is 0 Å². The number of hydrogen-bond donors (Lipinski definition) is 1. The molecule has 0 atom stereocenters. The van der Waals surface area contributed by atoms with E-state index in [4.69, 9.17) is 4.42 Å². The molecule has 0 amide bonds. The average Bonchev–Trinajstić information content (AvgIpc) is 3.80. The number of hydrogen-bond acceptors (Lipinski definition) is 2. The average molecular weight is 746 g/mol. The molecule has 0 saturated heterocycles. The lowest BCUT2D eigenvalue weighted by atomic mass is 9.67. The van der Waals surface area contributed by atoms with Gasteiger partial charge in [0, 0.05) is 22.0 Å². The molecule has 58 heavy (non-hydrogen) atoms. The van der Waals surface area contributed by atoms with Crippen molar-refractivity contribution in [3.63, 3.8) is 0 Å². The Morgan fingerprint density at radius 3 is 1.88 bits per heavy atom. The topological polar surface area (TPSA) is 25.2 Å². The van der Waals surface area contributed by atoms with Gasteiger partial charge in [-0.15, -0.1) is 0 Å². The number of furan rings is 1. The lowest BCUT2D eigenvalue weighted by Gasteiger charge is -2.33. The summed E-state index contributed by atoms with van der Waals surface area (Å²) in [6.45, 7) is 9.03. The maximum absolute atomic E-state index is 6.77. The van der Waals surface area contributed by atoms with Crippen LogP contribution >= 0.6 is 0 Å². The first-order chi connectivity index (χ1) is 28.4. The molecule has 1 N–H and O–H groups in total. The van der Waals surface area contributed by atoms with Crippen LogP contribution in [0.4, 0.5) is 5.69 Å². The Bertz CT molecular complexity index is 2950. The van der Waals surface area contributed by atoms with Crippen LogP contribution in [0.3, 0.4) is 0 Å². The van der Waals surface area contributed by atoms with Gasteiger partial charge in [-0.2, -0.15) is 0 Å². The van der Waals surface area contributed by atoms with E-state index in [1.807, 2.05) is 6.07 Å². The summed E-state index contributed by atoms with van der Waals surface area (Å²) in [4.78, 5) is 0. The smallest absolute Gasteiger partial charge is 0.140 e. The highest BCUT2D eigenvalue weighted by molar-refractivity contribution is 6.07. The van der Waals surface area contributed by atoms with E-state index in [1.165, 1.54) is 44.5 Å². The van der Waals surface area contributed by atoms with Crippen LogP contribution in [0, 0.1) is 0 Å². The lowest BCUT2D eigenvalue weighted by molar-refractivity contribution is 0.608. The highest BCUT2D eigenvalue weighted by Gasteiger charge is 2.47. The third-order valence-corrected chi connectivity index (χ3v) is 12.0. The molecule has 1 aliphatic rings. The second-order valence-corrected chi connectivity index (χ2v) is 15.8. The zero-order valence-electron chi connectivity index (χ0n) is 32.7. The molecule has 1 aliphatic carbocycles. The summed E-state index contributed by atoms with van der Waals surface area (Å²) in [5, 5.41) is 6.06. The molecule has 2 heteroatoms.